The van der Waals surface area contributed by atoms with Gasteiger partial charge >= 0.3 is 0 Å². The van der Waals surface area contributed by atoms with E-state index in [0.29, 0.717) is 10.0 Å². The van der Waals surface area contributed by atoms with Gasteiger partial charge in [0.05, 0.1) is 0 Å². The van der Waals surface area contributed by atoms with E-state index in [-0.39, 0.29) is 5.91 Å². The number of thiophene rings is 1. The molecule has 0 unspecified atom stereocenters. The molecule has 2 heterocycles. The van der Waals surface area contributed by atoms with Crippen LogP contribution in [0.25, 0.3) is 11.1 Å². The molecule has 0 aliphatic rings. The molecule has 94 valence electrons. The van der Waals surface area contributed by atoms with Gasteiger partial charge in [-0.25, -0.2) is 0 Å². The smallest absolute Gasteiger partial charge is 0.268 e. The molecule has 0 saturated carbocycles. The number of nitrogens with one attached hydrogen (secondary N) is 1. The highest BCUT2D eigenvalue weighted by Crippen LogP contribution is 2.28. The van der Waals surface area contributed by atoms with Crippen LogP contribution in [-0.2, 0) is 0 Å². The second-order valence-electron chi connectivity index (χ2n) is 3.73. The molecule has 0 spiro atoms. The number of anilines is 1. The lowest BCUT2D eigenvalue weighted by molar-refractivity contribution is 0.103. The Kier molecular flexibility index (Phi) is 3.35. The largest absolute Gasteiger partial charge is 0.296 e. The van der Waals surface area contributed by atoms with E-state index in [0.717, 1.165) is 11.1 Å². The zero-order chi connectivity index (χ0) is 13.1. The maximum absolute atomic E-state index is 12.2. The second-order valence-corrected chi connectivity index (χ2v) is 5.48. The van der Waals surface area contributed by atoms with Crippen molar-refractivity contribution in [3.05, 3.63) is 52.2 Å². The molecular formula is C13H9N3OS2. The number of aromatic nitrogens is 2. The van der Waals surface area contributed by atoms with Crippen molar-refractivity contribution in [3.8, 4) is 11.1 Å². The van der Waals surface area contributed by atoms with Crippen molar-refractivity contribution in [2.24, 2.45) is 0 Å². The minimum atomic E-state index is -0.148. The van der Waals surface area contributed by atoms with Crippen molar-refractivity contribution in [2.75, 3.05) is 5.32 Å². The molecule has 1 amide bonds. The minimum absolute atomic E-state index is 0.148. The van der Waals surface area contributed by atoms with Crippen LogP contribution in [0.15, 0.2) is 47.3 Å². The Morgan fingerprint density at radius 2 is 1.95 bits per heavy atom. The first-order valence-corrected chi connectivity index (χ1v) is 7.31. The number of rotatable bonds is 3. The third-order valence-corrected chi connectivity index (χ3v) is 4.06. The van der Waals surface area contributed by atoms with E-state index in [1.807, 2.05) is 41.8 Å². The van der Waals surface area contributed by atoms with Gasteiger partial charge in [0.15, 0.2) is 0 Å². The molecule has 3 rings (SSSR count). The molecule has 4 nitrogen and oxygen atoms in total. The Bertz CT molecular complexity index is 677. The van der Waals surface area contributed by atoms with Gasteiger partial charge in [0.1, 0.15) is 10.4 Å². The molecule has 0 aliphatic carbocycles. The average molecular weight is 287 g/mol. The maximum Gasteiger partial charge on any atom is 0.268 e. The average Bonchev–Trinajstić information content (AvgIpc) is 3.10. The fraction of sp³-hybridized carbons (Fsp3) is 0. The Morgan fingerprint density at radius 3 is 2.68 bits per heavy atom. The van der Waals surface area contributed by atoms with Gasteiger partial charge in [-0.15, -0.1) is 21.5 Å². The lowest BCUT2D eigenvalue weighted by Gasteiger charge is -2.03. The summed E-state index contributed by atoms with van der Waals surface area (Å²) in [6.45, 7) is 0. The molecule has 1 N–H and O–H groups in total. The monoisotopic (exact) mass is 287 g/mol. The molecule has 2 aromatic heterocycles. The summed E-state index contributed by atoms with van der Waals surface area (Å²) in [7, 11) is 0. The normalized spacial score (nSPS) is 10.3. The van der Waals surface area contributed by atoms with E-state index in [2.05, 4.69) is 15.5 Å². The highest BCUT2D eigenvalue weighted by molar-refractivity contribution is 7.14. The molecule has 0 aliphatic heterocycles. The number of nitrogens with zero attached hydrogens (tertiary/aromatic N) is 2. The number of carbonyl (C=O) groups excluding carboxylic acids is 1. The van der Waals surface area contributed by atoms with Gasteiger partial charge in [0, 0.05) is 5.56 Å². The highest BCUT2D eigenvalue weighted by atomic mass is 32.1. The highest BCUT2D eigenvalue weighted by Gasteiger charge is 2.15. The lowest BCUT2D eigenvalue weighted by atomic mass is 10.1. The number of hydrogen-bond donors (Lipinski definition) is 1. The SMILES string of the molecule is O=C(Nc1nncs1)c1sccc1-c1ccccc1. The van der Waals surface area contributed by atoms with Crippen LogP contribution in [-0.4, -0.2) is 16.1 Å². The number of carbonyl (C=O) groups is 1. The summed E-state index contributed by atoms with van der Waals surface area (Å²) >= 11 is 2.72. The molecule has 19 heavy (non-hydrogen) atoms. The van der Waals surface area contributed by atoms with E-state index in [1.165, 1.54) is 22.7 Å². The lowest BCUT2D eigenvalue weighted by Crippen LogP contribution is -2.11. The second kappa shape index (κ2) is 5.29. The first kappa shape index (κ1) is 12.0. The standard InChI is InChI=1S/C13H9N3OS2/c17-12(15-13-16-14-8-19-13)11-10(6-7-18-11)9-4-2-1-3-5-9/h1-8H,(H,15,16,17). The summed E-state index contributed by atoms with van der Waals surface area (Å²) in [4.78, 5) is 12.9. The molecule has 1 aromatic carbocycles. The maximum atomic E-state index is 12.2. The van der Waals surface area contributed by atoms with Gasteiger partial charge in [-0.05, 0) is 17.0 Å². The van der Waals surface area contributed by atoms with Gasteiger partial charge in [0.25, 0.3) is 5.91 Å². The van der Waals surface area contributed by atoms with Gasteiger partial charge in [-0.3, -0.25) is 10.1 Å². The van der Waals surface area contributed by atoms with Crippen molar-refractivity contribution in [2.45, 2.75) is 0 Å². The number of hydrogen-bond acceptors (Lipinski definition) is 5. The first-order chi connectivity index (χ1) is 9.34. The zero-order valence-electron chi connectivity index (χ0n) is 9.74. The van der Waals surface area contributed by atoms with Crippen molar-refractivity contribution >= 4 is 33.7 Å². The molecule has 3 aromatic rings. The van der Waals surface area contributed by atoms with E-state index in [4.69, 9.17) is 0 Å². The fourth-order valence-electron chi connectivity index (χ4n) is 1.71. The van der Waals surface area contributed by atoms with Crippen LogP contribution < -0.4 is 5.32 Å². The summed E-state index contributed by atoms with van der Waals surface area (Å²) in [6, 6.07) is 11.8. The molecule has 0 saturated heterocycles. The molecular weight excluding hydrogens is 278 g/mol. The van der Waals surface area contributed by atoms with Gasteiger partial charge in [0.2, 0.25) is 5.13 Å². The van der Waals surface area contributed by atoms with E-state index in [1.54, 1.807) is 5.51 Å². The predicted molar refractivity (Wildman–Crippen MR) is 77.6 cm³/mol. The predicted octanol–water partition coefficient (Wildman–Crippen LogP) is 3.52. The summed E-state index contributed by atoms with van der Waals surface area (Å²) in [5, 5.41) is 12.7. The van der Waals surface area contributed by atoms with Crippen LogP contribution in [0.2, 0.25) is 0 Å². The summed E-state index contributed by atoms with van der Waals surface area (Å²) < 4.78 is 0. The Morgan fingerprint density at radius 1 is 1.11 bits per heavy atom. The van der Waals surface area contributed by atoms with Crippen LogP contribution in [0.5, 0.6) is 0 Å². The molecule has 0 radical (unpaired) electrons. The molecule has 6 heteroatoms. The van der Waals surface area contributed by atoms with Crippen LogP contribution in [0.4, 0.5) is 5.13 Å². The molecule has 0 atom stereocenters. The molecule has 0 fully saturated rings. The van der Waals surface area contributed by atoms with E-state index >= 15 is 0 Å². The fourth-order valence-corrected chi connectivity index (χ4v) is 2.96. The van der Waals surface area contributed by atoms with Crippen LogP contribution in [0.3, 0.4) is 0 Å². The van der Waals surface area contributed by atoms with Crippen molar-refractivity contribution < 1.29 is 4.79 Å². The Hall–Kier alpha value is -2.05. The quantitative estimate of drug-likeness (QED) is 0.802. The third kappa shape index (κ3) is 2.54. The van der Waals surface area contributed by atoms with E-state index in [9.17, 15) is 4.79 Å². The van der Waals surface area contributed by atoms with Crippen molar-refractivity contribution in [3.63, 3.8) is 0 Å². The van der Waals surface area contributed by atoms with Gasteiger partial charge < -0.3 is 0 Å². The Balaban J connectivity index is 1.90. The third-order valence-electron chi connectivity index (χ3n) is 2.54. The summed E-state index contributed by atoms with van der Waals surface area (Å²) in [5.41, 5.74) is 3.56. The van der Waals surface area contributed by atoms with Crippen molar-refractivity contribution in [1.82, 2.24) is 10.2 Å². The van der Waals surface area contributed by atoms with Crippen LogP contribution >= 0.6 is 22.7 Å². The number of amides is 1. The summed E-state index contributed by atoms with van der Waals surface area (Å²) in [6.07, 6.45) is 0. The number of benzene rings is 1. The first-order valence-electron chi connectivity index (χ1n) is 5.55. The molecule has 0 bridgehead atoms. The van der Waals surface area contributed by atoms with Gasteiger partial charge in [-0.1, -0.05) is 41.7 Å². The van der Waals surface area contributed by atoms with Crippen molar-refractivity contribution in [1.29, 1.82) is 0 Å². The van der Waals surface area contributed by atoms with Crippen LogP contribution in [0.1, 0.15) is 9.67 Å². The Labute approximate surface area is 117 Å². The van der Waals surface area contributed by atoms with Gasteiger partial charge in [-0.2, -0.15) is 0 Å². The van der Waals surface area contributed by atoms with Crippen LogP contribution in [0, 0.1) is 0 Å². The zero-order valence-corrected chi connectivity index (χ0v) is 11.4. The van der Waals surface area contributed by atoms with E-state index < -0.39 is 0 Å². The minimum Gasteiger partial charge on any atom is -0.296 e. The topological polar surface area (TPSA) is 54.9 Å². The summed E-state index contributed by atoms with van der Waals surface area (Å²) in [5.74, 6) is -0.148.